The fourth-order valence-electron chi connectivity index (χ4n) is 4.34. The maximum Gasteiger partial charge on any atom is 0.275 e. The van der Waals surface area contributed by atoms with E-state index in [1.54, 1.807) is 11.1 Å². The molecule has 4 rings (SSSR count). The number of nitriles is 1. The summed E-state index contributed by atoms with van der Waals surface area (Å²) in [5, 5.41) is 9.32. The van der Waals surface area contributed by atoms with Gasteiger partial charge < -0.3 is 15.4 Å². The average Bonchev–Trinajstić information content (AvgIpc) is 3.03. The molecule has 2 unspecified atom stereocenters. The van der Waals surface area contributed by atoms with Crippen LogP contribution in [-0.2, 0) is 4.74 Å². The van der Waals surface area contributed by atoms with Crippen molar-refractivity contribution in [3.63, 3.8) is 0 Å². The van der Waals surface area contributed by atoms with Gasteiger partial charge in [0.05, 0.1) is 37.8 Å². The molecule has 29 heavy (non-hydrogen) atoms. The molecule has 0 bridgehead atoms. The molecule has 2 N–H and O–H groups in total. The topological polar surface area (TPSA) is 77.9 Å². The van der Waals surface area contributed by atoms with Crippen LogP contribution in [0.25, 0.3) is 0 Å². The Kier molecular flexibility index (Phi) is 5.28. The highest BCUT2D eigenvalue weighted by Crippen LogP contribution is 2.33. The van der Waals surface area contributed by atoms with E-state index < -0.39 is 12.0 Å². The van der Waals surface area contributed by atoms with E-state index in [9.17, 15) is 14.0 Å². The first-order valence-corrected chi connectivity index (χ1v) is 9.85. The highest BCUT2D eigenvalue weighted by Gasteiger charge is 2.43. The van der Waals surface area contributed by atoms with Crippen LogP contribution < -0.4 is 5.73 Å². The van der Waals surface area contributed by atoms with E-state index in [2.05, 4.69) is 22.5 Å². The predicted molar refractivity (Wildman–Crippen MR) is 106 cm³/mol. The van der Waals surface area contributed by atoms with Crippen molar-refractivity contribution >= 4 is 6.21 Å². The Bertz CT molecular complexity index is 854. The number of aliphatic imine (C=N–C) groups is 1. The number of ether oxygens (including phenoxy) is 1. The minimum atomic E-state index is -2.88. The molecule has 0 radical (unpaired) electrons. The Labute approximate surface area is 169 Å². The second-order valence-electron chi connectivity index (χ2n) is 8.05. The van der Waals surface area contributed by atoms with Gasteiger partial charge in [-0.1, -0.05) is 6.58 Å². The number of rotatable bonds is 3. The van der Waals surface area contributed by atoms with Crippen molar-refractivity contribution in [2.45, 2.75) is 37.0 Å². The number of nitrogens with zero attached hydrogens (tertiary/aromatic N) is 4. The first kappa shape index (κ1) is 19.8. The highest BCUT2D eigenvalue weighted by atomic mass is 19.3. The Morgan fingerprint density at radius 3 is 2.97 bits per heavy atom. The highest BCUT2D eigenvalue weighted by molar-refractivity contribution is 5.78. The minimum absolute atomic E-state index is 0.0634. The Hall–Kier alpha value is -2.50. The van der Waals surface area contributed by atoms with E-state index in [0.29, 0.717) is 43.9 Å². The summed E-state index contributed by atoms with van der Waals surface area (Å²) in [5.74, 6) is -2.28. The van der Waals surface area contributed by atoms with Gasteiger partial charge in [0.2, 0.25) is 0 Å². The van der Waals surface area contributed by atoms with E-state index >= 15 is 0 Å². The third-order valence-electron chi connectivity index (χ3n) is 5.83. The lowest BCUT2D eigenvalue weighted by atomic mass is 9.99. The molecule has 0 saturated carbocycles. The third kappa shape index (κ3) is 4.11. The van der Waals surface area contributed by atoms with E-state index in [1.807, 2.05) is 18.2 Å². The number of allylic oxidation sites excluding steroid dienone is 3. The molecule has 3 atom stereocenters. The van der Waals surface area contributed by atoms with E-state index in [4.69, 9.17) is 10.5 Å². The zero-order valence-electron chi connectivity index (χ0n) is 16.2. The maximum absolute atomic E-state index is 14.0. The third-order valence-corrected chi connectivity index (χ3v) is 5.83. The largest absolute Gasteiger partial charge is 0.490 e. The zero-order chi connectivity index (χ0) is 20.6. The second kappa shape index (κ2) is 7.73. The molecule has 0 spiro atoms. The number of halogens is 2. The Morgan fingerprint density at radius 1 is 1.38 bits per heavy atom. The van der Waals surface area contributed by atoms with Crippen LogP contribution in [0.1, 0.15) is 12.8 Å². The van der Waals surface area contributed by atoms with Crippen LogP contribution in [0.2, 0.25) is 0 Å². The van der Waals surface area contributed by atoms with Crippen molar-refractivity contribution in [1.29, 1.82) is 5.26 Å². The summed E-state index contributed by atoms with van der Waals surface area (Å²) >= 11 is 0. The van der Waals surface area contributed by atoms with Crippen LogP contribution in [0.15, 0.2) is 52.4 Å². The molecule has 0 aromatic carbocycles. The molecule has 8 heteroatoms. The molecule has 3 aliphatic heterocycles. The monoisotopic (exact) mass is 401 g/mol. The molecule has 0 amide bonds. The molecular formula is C21H25F2N5O. The molecule has 6 nitrogen and oxygen atoms in total. The van der Waals surface area contributed by atoms with Gasteiger partial charge in [-0.25, -0.2) is 8.78 Å². The quantitative estimate of drug-likeness (QED) is 0.783. The van der Waals surface area contributed by atoms with Gasteiger partial charge in [0.15, 0.2) is 0 Å². The van der Waals surface area contributed by atoms with Crippen molar-refractivity contribution in [1.82, 2.24) is 9.80 Å². The van der Waals surface area contributed by atoms with Crippen molar-refractivity contribution in [2.24, 2.45) is 10.7 Å². The van der Waals surface area contributed by atoms with Crippen molar-refractivity contribution in [3.05, 3.63) is 47.4 Å². The molecule has 2 saturated heterocycles. The molecular weight excluding hydrogens is 376 g/mol. The van der Waals surface area contributed by atoms with Crippen molar-refractivity contribution in [3.8, 4) is 6.07 Å². The van der Waals surface area contributed by atoms with Gasteiger partial charge >= 0.3 is 0 Å². The number of piperidine rings is 1. The molecule has 1 aliphatic carbocycles. The van der Waals surface area contributed by atoms with Gasteiger partial charge in [0.1, 0.15) is 11.9 Å². The fourth-order valence-corrected chi connectivity index (χ4v) is 4.34. The normalized spacial score (nSPS) is 31.8. The van der Waals surface area contributed by atoms with Gasteiger partial charge in [-0.2, -0.15) is 5.26 Å². The standard InChI is InChI=1S/C21H25F2N5O/c1-14-10-28(19-3-2-15(9-24)8-18-17(19)4-6-26-18)12-16(29-14)11-27-7-5-20(25)21(22,23)13-27/h2-4,6,16,18,20H,1,5,7-8,10-13,25H2/t16-,18?,20?/m0/s1. The van der Waals surface area contributed by atoms with Gasteiger partial charge in [0, 0.05) is 42.6 Å². The lowest BCUT2D eigenvalue weighted by Crippen LogP contribution is -2.57. The molecule has 3 heterocycles. The zero-order valence-corrected chi connectivity index (χ0v) is 16.2. The number of likely N-dealkylation sites (tertiary alicyclic amines) is 1. The van der Waals surface area contributed by atoms with E-state index in [0.717, 1.165) is 11.3 Å². The van der Waals surface area contributed by atoms with Crippen LogP contribution in [0.4, 0.5) is 8.78 Å². The summed E-state index contributed by atoms with van der Waals surface area (Å²) in [5.41, 5.74) is 8.29. The molecule has 0 aromatic heterocycles. The number of alkyl halides is 2. The molecule has 0 aromatic rings. The van der Waals surface area contributed by atoms with E-state index in [1.165, 1.54) is 0 Å². The summed E-state index contributed by atoms with van der Waals surface area (Å²) in [7, 11) is 0. The van der Waals surface area contributed by atoms with Gasteiger partial charge in [-0.15, -0.1) is 0 Å². The first-order valence-electron chi connectivity index (χ1n) is 9.85. The first-order chi connectivity index (χ1) is 13.9. The van der Waals surface area contributed by atoms with Crippen LogP contribution in [0.5, 0.6) is 0 Å². The van der Waals surface area contributed by atoms with Crippen LogP contribution in [0.3, 0.4) is 0 Å². The number of fused-ring (bicyclic) bond motifs is 1. The smallest absolute Gasteiger partial charge is 0.275 e. The number of hydrogen-bond donors (Lipinski definition) is 1. The van der Waals surface area contributed by atoms with Crippen LogP contribution >= 0.6 is 0 Å². The summed E-state index contributed by atoms with van der Waals surface area (Å²) in [6.07, 6.45) is 8.11. The number of hydrogen-bond acceptors (Lipinski definition) is 6. The van der Waals surface area contributed by atoms with Crippen LogP contribution in [0, 0.1) is 11.3 Å². The van der Waals surface area contributed by atoms with Gasteiger partial charge in [-0.3, -0.25) is 9.89 Å². The number of morpholine rings is 1. The lowest BCUT2D eigenvalue weighted by molar-refractivity contribution is -0.0915. The fraction of sp³-hybridized carbons (Fsp3) is 0.524. The summed E-state index contributed by atoms with van der Waals surface area (Å²) in [6, 6.07) is 1.08. The average molecular weight is 401 g/mol. The van der Waals surface area contributed by atoms with Crippen LogP contribution in [-0.4, -0.2) is 72.8 Å². The molecule has 2 fully saturated rings. The molecule has 4 aliphatic rings. The summed E-state index contributed by atoms with van der Waals surface area (Å²) in [6.45, 7) is 5.63. The number of nitrogens with two attached hydrogens (primary N) is 1. The Morgan fingerprint density at radius 2 is 2.21 bits per heavy atom. The van der Waals surface area contributed by atoms with Gasteiger partial charge in [0.25, 0.3) is 5.92 Å². The second-order valence-corrected chi connectivity index (χ2v) is 8.05. The summed E-state index contributed by atoms with van der Waals surface area (Å²) in [4.78, 5) is 8.35. The lowest BCUT2D eigenvalue weighted by Gasteiger charge is -2.42. The van der Waals surface area contributed by atoms with Gasteiger partial charge in [-0.05, 0) is 24.6 Å². The maximum atomic E-state index is 14.0. The summed E-state index contributed by atoms with van der Waals surface area (Å²) < 4.78 is 33.9. The van der Waals surface area contributed by atoms with Crippen molar-refractivity contribution < 1.29 is 13.5 Å². The SMILES string of the molecule is C=C1CN(C2=CC=C(C#N)CC3N=CC=C23)C[C@H](CN2CCC(N)C(F)(F)C2)O1. The Balaban J connectivity index is 1.49. The predicted octanol–water partition coefficient (Wildman–Crippen LogP) is 1.99. The minimum Gasteiger partial charge on any atom is -0.490 e. The molecule has 154 valence electrons. The van der Waals surface area contributed by atoms with E-state index in [-0.39, 0.29) is 25.1 Å². The van der Waals surface area contributed by atoms with Crippen molar-refractivity contribution in [2.75, 3.05) is 32.7 Å².